The number of ether oxygens (including phenoxy) is 2. The van der Waals surface area contributed by atoms with E-state index in [4.69, 9.17) is 15.2 Å². The van der Waals surface area contributed by atoms with Gasteiger partial charge in [0.25, 0.3) is 0 Å². The Labute approximate surface area is 451 Å². The maximum Gasteiger partial charge on any atom is 0.306 e. The molecule has 1 aliphatic heterocycles. The molecule has 7 nitrogen and oxygen atoms in total. The first-order valence-electron chi connectivity index (χ1n) is 30.7. The van der Waals surface area contributed by atoms with E-state index in [1.807, 2.05) is 54.5 Å². The summed E-state index contributed by atoms with van der Waals surface area (Å²) in [4.78, 5) is 37.7. The largest absolute Gasteiger partial charge is 0.462 e. The van der Waals surface area contributed by atoms with Gasteiger partial charge < -0.3 is 20.0 Å². The van der Waals surface area contributed by atoms with E-state index in [1.54, 1.807) is 6.92 Å². The Morgan fingerprint density at radius 3 is 1.48 bits per heavy atom. The van der Waals surface area contributed by atoms with Crippen LogP contribution in [0.25, 0.3) is 0 Å². The van der Waals surface area contributed by atoms with Gasteiger partial charge in [0.05, 0.1) is 6.61 Å². The zero-order valence-corrected chi connectivity index (χ0v) is 51.0. The number of nitrogens with zero attached hydrogens (tertiary/aromatic N) is 1. The van der Waals surface area contributed by atoms with E-state index in [1.165, 1.54) is 173 Å². The minimum Gasteiger partial charge on any atom is -0.462 e. The van der Waals surface area contributed by atoms with E-state index in [2.05, 4.69) is 51.4 Å². The van der Waals surface area contributed by atoms with Gasteiger partial charge in [-0.05, 0) is 115 Å². The molecule has 0 aromatic carbocycles. The number of hydrogen-bond acceptors (Lipinski definition) is 8. The van der Waals surface area contributed by atoms with Crippen LogP contribution in [0.15, 0.2) is 12.7 Å². The second kappa shape index (κ2) is 68.5. The number of nitrogens with two attached hydrogens (primary N) is 1. The standard InChI is InChI=1S/C38H73NO4.C13H26.C5H11NO.C3H6S.2C2H6/c1-5-7-9-11-14-20-26-37(27-21-15-12-10-8-6-2)43-38(41)28-22-16-13-17-24-30-42-33-36-31-34(3)32-39(36)29-23-18-19-25-35(4)40;1-3-5-7-9-11-13-12-10-8-6-4-2;1-2-5(7)3-4-6;1-3(2)4;2*1-2/h34,36-37H,5-33H2,1-4H3;3H,1,4-13H2,2H3;2-4,6H2,1H3;1-2H3;2*1-2H3/t34?,36-;;;;;/m0...../s1. The molecule has 0 bridgehead atoms. The number of unbranched alkanes of at least 4 members (excludes halogenated alkanes) is 25. The maximum absolute atomic E-state index is 12.6. The minimum absolute atomic E-state index is 0.0273. The van der Waals surface area contributed by atoms with Crippen molar-refractivity contribution in [2.75, 3.05) is 32.8 Å². The lowest BCUT2D eigenvalue weighted by molar-refractivity contribution is -0.150. The molecule has 1 heterocycles. The molecule has 2 atom stereocenters. The van der Waals surface area contributed by atoms with Crippen molar-refractivity contribution in [3.8, 4) is 0 Å². The van der Waals surface area contributed by atoms with Gasteiger partial charge in [0.1, 0.15) is 17.7 Å². The molecule has 1 fully saturated rings. The summed E-state index contributed by atoms with van der Waals surface area (Å²) in [7, 11) is 0. The van der Waals surface area contributed by atoms with Gasteiger partial charge in [0.15, 0.2) is 0 Å². The molecule has 426 valence electrons. The normalized spacial score (nSPS) is 13.7. The van der Waals surface area contributed by atoms with Crippen molar-refractivity contribution >= 4 is 34.6 Å². The number of ketones is 2. The Morgan fingerprint density at radius 2 is 1.04 bits per heavy atom. The predicted molar refractivity (Wildman–Crippen MR) is 320 cm³/mol. The Morgan fingerprint density at radius 1 is 0.620 bits per heavy atom. The van der Waals surface area contributed by atoms with Crippen molar-refractivity contribution < 1.29 is 23.9 Å². The highest BCUT2D eigenvalue weighted by Gasteiger charge is 2.29. The van der Waals surface area contributed by atoms with Crippen LogP contribution in [0.4, 0.5) is 0 Å². The van der Waals surface area contributed by atoms with Gasteiger partial charge in [0.2, 0.25) is 0 Å². The number of carbonyl (C=O) groups excluding carboxylic acids is 3. The molecule has 0 amide bonds. The van der Waals surface area contributed by atoms with Crippen LogP contribution in [0.5, 0.6) is 0 Å². The van der Waals surface area contributed by atoms with Crippen molar-refractivity contribution in [1.82, 2.24) is 4.90 Å². The van der Waals surface area contributed by atoms with Gasteiger partial charge in [-0.25, -0.2) is 0 Å². The smallest absolute Gasteiger partial charge is 0.306 e. The fourth-order valence-electron chi connectivity index (χ4n) is 8.52. The van der Waals surface area contributed by atoms with Gasteiger partial charge in [-0.15, -0.1) is 6.58 Å². The molecule has 0 spiro atoms. The van der Waals surface area contributed by atoms with E-state index in [-0.39, 0.29) is 17.9 Å². The fourth-order valence-corrected chi connectivity index (χ4v) is 8.52. The molecule has 0 aromatic rings. The molecule has 0 saturated carbocycles. The Balaban J connectivity index is -0.000000420. The third-order valence-corrected chi connectivity index (χ3v) is 12.6. The molecule has 2 N–H and O–H groups in total. The van der Waals surface area contributed by atoms with Crippen LogP contribution in [0.1, 0.15) is 321 Å². The van der Waals surface area contributed by atoms with E-state index in [0.717, 1.165) is 81.9 Å². The highest BCUT2D eigenvalue weighted by atomic mass is 32.1. The molecule has 0 aliphatic carbocycles. The van der Waals surface area contributed by atoms with Crippen LogP contribution in [-0.4, -0.2) is 72.3 Å². The molecule has 1 unspecified atom stereocenters. The second-order valence-electron chi connectivity index (χ2n) is 20.1. The van der Waals surface area contributed by atoms with Crippen molar-refractivity contribution in [2.24, 2.45) is 11.7 Å². The van der Waals surface area contributed by atoms with Crippen LogP contribution < -0.4 is 5.73 Å². The number of rotatable bonds is 44. The van der Waals surface area contributed by atoms with Gasteiger partial charge in [0, 0.05) is 44.9 Å². The van der Waals surface area contributed by atoms with Crippen LogP contribution in [0.3, 0.4) is 0 Å². The summed E-state index contributed by atoms with van der Waals surface area (Å²) in [5.41, 5.74) is 5.08. The average molecular weight is 1030 g/mol. The van der Waals surface area contributed by atoms with Gasteiger partial charge in [-0.3, -0.25) is 14.5 Å². The number of Topliss-reactive ketones (excluding diaryl/α,β-unsaturated/α-hetero) is 2. The summed E-state index contributed by atoms with van der Waals surface area (Å²) in [6.07, 6.45) is 46.3. The van der Waals surface area contributed by atoms with Crippen molar-refractivity contribution in [2.45, 2.75) is 333 Å². The monoisotopic (exact) mass is 1020 g/mol. The van der Waals surface area contributed by atoms with Gasteiger partial charge >= 0.3 is 5.97 Å². The topological polar surface area (TPSA) is 98.9 Å². The van der Waals surface area contributed by atoms with Crippen LogP contribution in [-0.2, 0) is 23.9 Å². The summed E-state index contributed by atoms with van der Waals surface area (Å²) in [5, 5.41) is 0. The molecular formula is C63H128N2O5S. The second-order valence-corrected chi connectivity index (χ2v) is 20.9. The van der Waals surface area contributed by atoms with Crippen molar-refractivity contribution in [3.63, 3.8) is 0 Å². The lowest BCUT2D eigenvalue weighted by Crippen LogP contribution is -2.34. The first kappa shape index (κ1) is 78.4. The van der Waals surface area contributed by atoms with Gasteiger partial charge in [-0.2, -0.15) is 0 Å². The van der Waals surface area contributed by atoms with Gasteiger partial charge in [-0.1, -0.05) is 222 Å². The van der Waals surface area contributed by atoms with Crippen molar-refractivity contribution in [3.05, 3.63) is 12.7 Å². The Kier molecular flexibility index (Phi) is 75.7. The summed E-state index contributed by atoms with van der Waals surface area (Å²) < 4.78 is 12.1. The summed E-state index contributed by atoms with van der Waals surface area (Å²) in [6.45, 7) is 32.7. The SMILES string of the molecule is C=CCCCCCCCCCCC.CC.CC.CC(C)=S.CCC(=O)CCN.CCCCCCCCC(CCCCCCCC)OC(=O)CCCCCCCOC[C@@H]1CC(C)CN1CCCCCC(C)=O. The molecule has 1 saturated heterocycles. The molecule has 1 rings (SSSR count). The molecule has 8 heteroatoms. The zero-order valence-electron chi connectivity index (χ0n) is 50.2. The maximum atomic E-state index is 12.6. The van der Waals surface area contributed by atoms with Crippen LogP contribution in [0, 0.1) is 5.92 Å². The van der Waals surface area contributed by atoms with Crippen LogP contribution in [0.2, 0.25) is 0 Å². The van der Waals surface area contributed by atoms with Crippen LogP contribution >= 0.6 is 12.2 Å². The lowest BCUT2D eigenvalue weighted by Gasteiger charge is -2.24. The van der Waals surface area contributed by atoms with E-state index in [0.29, 0.717) is 37.6 Å². The predicted octanol–water partition coefficient (Wildman–Crippen LogP) is 19.5. The molecule has 0 aromatic heterocycles. The van der Waals surface area contributed by atoms with E-state index < -0.39 is 0 Å². The number of hydrogen-bond donors (Lipinski definition) is 1. The van der Waals surface area contributed by atoms with E-state index in [9.17, 15) is 14.4 Å². The molecular weight excluding hydrogens is 897 g/mol. The number of esters is 1. The third kappa shape index (κ3) is 70.6. The Bertz CT molecular complexity index is 1070. The highest BCUT2D eigenvalue weighted by Crippen LogP contribution is 2.24. The summed E-state index contributed by atoms with van der Waals surface area (Å²) >= 11 is 4.54. The van der Waals surface area contributed by atoms with Crippen molar-refractivity contribution in [1.29, 1.82) is 0 Å². The number of carbonyl (C=O) groups is 3. The number of allylic oxidation sites excluding steroid dienone is 1. The number of thiocarbonyl (C=S) groups is 1. The lowest BCUT2D eigenvalue weighted by atomic mass is 10.0. The molecule has 0 radical (unpaired) electrons. The zero-order chi connectivity index (χ0) is 54.4. The average Bonchev–Trinajstić information content (AvgIpc) is 3.71. The first-order chi connectivity index (χ1) is 34.4. The third-order valence-electron chi connectivity index (χ3n) is 12.6. The first-order valence-corrected chi connectivity index (χ1v) is 31.1. The quantitative estimate of drug-likeness (QED) is 0.0279. The fraction of sp³-hybridized carbons (Fsp3) is 0.905. The summed E-state index contributed by atoms with van der Waals surface area (Å²) in [5.74, 6) is 1.34. The molecule has 71 heavy (non-hydrogen) atoms. The number of likely N-dealkylation sites (tertiary alicyclic amines) is 1. The summed E-state index contributed by atoms with van der Waals surface area (Å²) in [6, 6.07) is 0.555. The Hall–Kier alpha value is -1.48. The molecule has 1 aliphatic rings. The highest BCUT2D eigenvalue weighted by molar-refractivity contribution is 7.80. The van der Waals surface area contributed by atoms with E-state index >= 15 is 0 Å². The minimum atomic E-state index is 0.0273.